The van der Waals surface area contributed by atoms with Gasteiger partial charge in [-0.25, -0.2) is 12.8 Å². The lowest BCUT2D eigenvalue weighted by Crippen LogP contribution is -2.17. The predicted octanol–water partition coefficient (Wildman–Crippen LogP) is 4.43. The molecule has 4 aromatic rings. The van der Waals surface area contributed by atoms with Crippen LogP contribution in [-0.4, -0.2) is 24.1 Å². The van der Waals surface area contributed by atoms with Crippen molar-refractivity contribution in [2.45, 2.75) is 18.4 Å². The summed E-state index contributed by atoms with van der Waals surface area (Å²) in [6.45, 7) is 2.21. The zero-order valence-electron chi connectivity index (χ0n) is 17.7. The molecule has 0 fully saturated rings. The lowest BCUT2D eigenvalue weighted by atomic mass is 10.1. The van der Waals surface area contributed by atoms with E-state index in [9.17, 15) is 17.6 Å². The van der Waals surface area contributed by atoms with E-state index in [-0.39, 0.29) is 16.5 Å². The molecule has 9 heteroatoms. The Kier molecular flexibility index (Phi) is 6.23. The molecule has 0 saturated heterocycles. The van der Waals surface area contributed by atoms with Gasteiger partial charge in [0.25, 0.3) is 15.9 Å². The third-order valence-corrected chi connectivity index (χ3v) is 6.48. The van der Waals surface area contributed by atoms with Crippen LogP contribution in [0, 0.1) is 12.7 Å². The molecule has 1 heterocycles. The van der Waals surface area contributed by atoms with E-state index in [0.717, 1.165) is 5.56 Å². The van der Waals surface area contributed by atoms with Gasteiger partial charge in [-0.05, 0) is 60.5 Å². The van der Waals surface area contributed by atoms with E-state index in [0.29, 0.717) is 23.4 Å². The number of hydrogen-bond acceptors (Lipinski definition) is 4. The number of nitrogens with zero attached hydrogens (tertiary/aromatic N) is 2. The van der Waals surface area contributed by atoms with Gasteiger partial charge in [0.1, 0.15) is 5.82 Å². The van der Waals surface area contributed by atoms with E-state index >= 15 is 0 Å². The molecule has 33 heavy (non-hydrogen) atoms. The summed E-state index contributed by atoms with van der Waals surface area (Å²) in [5.74, 6) is -1.06. The molecule has 0 bridgehead atoms. The van der Waals surface area contributed by atoms with Crippen molar-refractivity contribution in [3.63, 3.8) is 0 Å². The maximum atomic E-state index is 13.9. The van der Waals surface area contributed by atoms with E-state index in [1.807, 2.05) is 24.4 Å². The third kappa shape index (κ3) is 5.27. The summed E-state index contributed by atoms with van der Waals surface area (Å²) < 4.78 is 43.7. The molecule has 0 aliphatic heterocycles. The SMILES string of the molecule is Cc1ccc(NC(=O)c2ccc(Cn3cccn3)cc2)cc1S(=O)(=O)Nc1ccccc1F. The highest BCUT2D eigenvalue weighted by molar-refractivity contribution is 7.92. The number of amides is 1. The smallest absolute Gasteiger partial charge is 0.262 e. The number of aryl methyl sites for hydroxylation is 1. The van der Waals surface area contributed by atoms with Gasteiger partial charge >= 0.3 is 0 Å². The first-order valence-electron chi connectivity index (χ1n) is 10.1. The highest BCUT2D eigenvalue weighted by Gasteiger charge is 2.20. The van der Waals surface area contributed by atoms with Gasteiger partial charge in [-0.15, -0.1) is 0 Å². The van der Waals surface area contributed by atoms with Crippen molar-refractivity contribution in [1.29, 1.82) is 0 Å². The first-order chi connectivity index (χ1) is 15.8. The number of nitrogens with one attached hydrogen (secondary N) is 2. The molecule has 7 nitrogen and oxygen atoms in total. The molecule has 3 aromatic carbocycles. The molecule has 0 radical (unpaired) electrons. The monoisotopic (exact) mass is 464 g/mol. The summed E-state index contributed by atoms with van der Waals surface area (Å²) in [4.78, 5) is 12.6. The van der Waals surface area contributed by atoms with E-state index in [4.69, 9.17) is 0 Å². The number of hydrogen-bond donors (Lipinski definition) is 2. The van der Waals surface area contributed by atoms with Crippen LogP contribution >= 0.6 is 0 Å². The minimum atomic E-state index is -4.07. The number of carbonyl (C=O) groups excluding carboxylic acids is 1. The molecule has 2 N–H and O–H groups in total. The molecule has 168 valence electrons. The third-order valence-electron chi connectivity index (χ3n) is 4.97. The molecule has 0 atom stereocenters. The van der Waals surface area contributed by atoms with Crippen LogP contribution in [0.25, 0.3) is 0 Å². The number of aromatic nitrogens is 2. The van der Waals surface area contributed by atoms with E-state index in [1.54, 1.807) is 42.1 Å². The van der Waals surface area contributed by atoms with Gasteiger partial charge in [-0.2, -0.15) is 5.10 Å². The average Bonchev–Trinajstić information content (AvgIpc) is 3.30. The van der Waals surface area contributed by atoms with Gasteiger partial charge in [-0.3, -0.25) is 14.2 Å². The highest BCUT2D eigenvalue weighted by Crippen LogP contribution is 2.24. The minimum absolute atomic E-state index is 0.0573. The molecular weight excluding hydrogens is 443 g/mol. The molecule has 0 saturated carbocycles. The van der Waals surface area contributed by atoms with Crippen LogP contribution in [0.2, 0.25) is 0 Å². The summed E-state index contributed by atoms with van der Waals surface area (Å²) in [6.07, 6.45) is 3.55. The van der Waals surface area contributed by atoms with Gasteiger partial charge in [0.2, 0.25) is 0 Å². The fraction of sp³-hybridized carbons (Fsp3) is 0.0833. The average molecular weight is 465 g/mol. The molecule has 0 aliphatic carbocycles. The zero-order chi connectivity index (χ0) is 23.4. The highest BCUT2D eigenvalue weighted by atomic mass is 32.2. The Morgan fingerprint density at radius 3 is 2.48 bits per heavy atom. The minimum Gasteiger partial charge on any atom is -0.322 e. The largest absolute Gasteiger partial charge is 0.322 e. The van der Waals surface area contributed by atoms with Crippen molar-refractivity contribution in [3.8, 4) is 0 Å². The summed E-state index contributed by atoms with van der Waals surface area (Å²) in [7, 11) is -4.07. The second-order valence-electron chi connectivity index (χ2n) is 7.42. The second-order valence-corrected chi connectivity index (χ2v) is 9.07. The Hall–Kier alpha value is -3.98. The van der Waals surface area contributed by atoms with Crippen LogP contribution in [0.5, 0.6) is 0 Å². The van der Waals surface area contributed by atoms with Crippen molar-refractivity contribution in [2.24, 2.45) is 0 Å². The molecule has 0 spiro atoms. The van der Waals surface area contributed by atoms with Crippen LogP contribution in [0.3, 0.4) is 0 Å². The number of sulfonamides is 1. The Balaban J connectivity index is 1.50. The van der Waals surface area contributed by atoms with Crippen LogP contribution in [0.15, 0.2) is 90.1 Å². The lowest BCUT2D eigenvalue weighted by molar-refractivity contribution is 0.102. The van der Waals surface area contributed by atoms with E-state index < -0.39 is 15.8 Å². The topological polar surface area (TPSA) is 93.1 Å². The Morgan fingerprint density at radius 2 is 1.79 bits per heavy atom. The summed E-state index contributed by atoms with van der Waals surface area (Å²) in [6, 6.07) is 18.9. The van der Waals surface area contributed by atoms with Gasteiger partial charge in [0.15, 0.2) is 0 Å². The number of anilines is 2. The van der Waals surface area contributed by atoms with Crippen LogP contribution < -0.4 is 10.0 Å². The second kappa shape index (κ2) is 9.25. The first-order valence-corrected chi connectivity index (χ1v) is 11.6. The van der Waals surface area contributed by atoms with Crippen molar-refractivity contribution in [3.05, 3.63) is 108 Å². The van der Waals surface area contributed by atoms with Gasteiger partial charge in [0, 0.05) is 23.6 Å². The predicted molar refractivity (Wildman–Crippen MR) is 124 cm³/mol. The van der Waals surface area contributed by atoms with Crippen molar-refractivity contribution in [1.82, 2.24) is 9.78 Å². The summed E-state index contributed by atoms with van der Waals surface area (Å²) in [5, 5.41) is 6.87. The van der Waals surface area contributed by atoms with Crippen LogP contribution in [0.4, 0.5) is 15.8 Å². The van der Waals surface area contributed by atoms with Gasteiger partial charge in [0.05, 0.1) is 17.1 Å². The van der Waals surface area contributed by atoms with Crippen molar-refractivity contribution < 1.29 is 17.6 Å². The first kappa shape index (κ1) is 22.2. The summed E-state index contributed by atoms with van der Waals surface area (Å²) in [5.41, 5.74) is 2.02. The summed E-state index contributed by atoms with van der Waals surface area (Å²) >= 11 is 0. The maximum Gasteiger partial charge on any atom is 0.262 e. The number of benzene rings is 3. The van der Waals surface area contributed by atoms with Crippen molar-refractivity contribution in [2.75, 3.05) is 10.0 Å². The normalized spacial score (nSPS) is 11.2. The standard InChI is InChI=1S/C24H21FN4O3S/c1-17-7-12-20(15-23(17)33(31,32)28-22-6-3-2-5-21(22)25)27-24(30)19-10-8-18(9-11-19)16-29-14-4-13-26-29/h2-15,28H,16H2,1H3,(H,27,30). The lowest BCUT2D eigenvalue weighted by Gasteiger charge is -2.13. The van der Waals surface area contributed by atoms with Crippen molar-refractivity contribution >= 4 is 27.3 Å². The number of rotatable bonds is 7. The molecule has 4 rings (SSSR count). The molecule has 0 aliphatic rings. The molecular formula is C24H21FN4O3S. The number of halogens is 1. The number of carbonyl (C=O) groups is 1. The van der Waals surface area contributed by atoms with E-state index in [1.165, 1.54) is 30.3 Å². The van der Waals surface area contributed by atoms with E-state index in [2.05, 4.69) is 15.1 Å². The zero-order valence-corrected chi connectivity index (χ0v) is 18.5. The molecule has 0 unspecified atom stereocenters. The Bertz CT molecular complexity index is 1390. The number of para-hydroxylation sites is 1. The Morgan fingerprint density at radius 1 is 1.03 bits per heavy atom. The van der Waals surface area contributed by atoms with Gasteiger partial charge < -0.3 is 5.32 Å². The quantitative estimate of drug-likeness (QED) is 0.423. The fourth-order valence-corrected chi connectivity index (χ4v) is 4.60. The van der Waals surface area contributed by atoms with Gasteiger partial charge in [-0.1, -0.05) is 30.3 Å². The molecule has 1 aromatic heterocycles. The van der Waals surface area contributed by atoms with Crippen LogP contribution in [-0.2, 0) is 16.6 Å². The molecule has 1 amide bonds. The fourth-order valence-electron chi connectivity index (χ4n) is 3.26. The van der Waals surface area contributed by atoms with Crippen LogP contribution in [0.1, 0.15) is 21.5 Å². The Labute approximate surface area is 190 Å². The maximum absolute atomic E-state index is 13.9.